The topological polar surface area (TPSA) is 261 Å². The lowest BCUT2D eigenvalue weighted by atomic mass is 9.89. The molecule has 3 aliphatic rings. The van der Waals surface area contributed by atoms with Gasteiger partial charge in [0.1, 0.15) is 6.10 Å². The van der Waals surface area contributed by atoms with Crippen molar-refractivity contribution in [3.8, 4) is 0 Å². The van der Waals surface area contributed by atoms with Crippen LogP contribution in [0.5, 0.6) is 0 Å². The number of esters is 2. The van der Waals surface area contributed by atoms with Crippen LogP contribution < -0.4 is 0 Å². The molecule has 0 spiro atoms. The molecule has 1 unspecified atom stereocenters. The van der Waals surface area contributed by atoms with Crippen molar-refractivity contribution in [1.82, 2.24) is 9.80 Å². The maximum absolute atomic E-state index is 14.1. The van der Waals surface area contributed by atoms with Gasteiger partial charge in [-0.1, -0.05) is 48.5 Å². The van der Waals surface area contributed by atoms with Crippen LogP contribution in [-0.4, -0.2) is 121 Å². The van der Waals surface area contributed by atoms with Gasteiger partial charge in [-0.15, -0.1) is 0 Å². The SMILES string of the molecule is CO[C@@H]1O[C@H](C(O)N2C(=O)c3ccccc3C2=O)[C@@H](OC(=O)c2ccccc2C(=O)O)[C@H](OC(=O)c2ccccc2C(=O)O)[C@]1(O)N1C(=O)c2ccccc2C1=O. The molecule has 0 bridgehead atoms. The van der Waals surface area contributed by atoms with E-state index in [4.69, 9.17) is 18.9 Å². The number of rotatable bonds is 10. The fourth-order valence-electron chi connectivity index (χ4n) is 7.02. The summed E-state index contributed by atoms with van der Waals surface area (Å²) in [6, 6.07) is 20.0. The molecule has 57 heavy (non-hydrogen) atoms. The number of aliphatic hydroxyl groups is 2. The van der Waals surface area contributed by atoms with Crippen LogP contribution in [0.3, 0.4) is 0 Å². The Hall–Kier alpha value is -7.12. The molecule has 1 saturated heterocycles. The zero-order valence-corrected chi connectivity index (χ0v) is 29.2. The van der Waals surface area contributed by atoms with E-state index in [1.165, 1.54) is 72.8 Å². The third-order valence-corrected chi connectivity index (χ3v) is 9.65. The second-order valence-electron chi connectivity index (χ2n) is 12.8. The maximum Gasteiger partial charge on any atom is 0.339 e. The number of benzene rings is 4. The predicted molar refractivity (Wildman–Crippen MR) is 186 cm³/mol. The molecule has 4 amide bonds. The van der Waals surface area contributed by atoms with Gasteiger partial charge in [-0.2, -0.15) is 0 Å². The average Bonchev–Trinajstić information content (AvgIpc) is 3.62. The molecular weight excluding hydrogens is 752 g/mol. The lowest BCUT2D eigenvalue weighted by Crippen LogP contribution is -2.77. The summed E-state index contributed by atoms with van der Waals surface area (Å²) in [6.07, 6.45) is -12.3. The van der Waals surface area contributed by atoms with Crippen molar-refractivity contribution in [3.63, 3.8) is 0 Å². The van der Waals surface area contributed by atoms with E-state index in [0.717, 1.165) is 31.4 Å². The third kappa shape index (κ3) is 6.08. The minimum atomic E-state index is -3.38. The molecule has 290 valence electrons. The standard InChI is InChI=1S/C39H28N2O16/c1-54-38-39(53,41-31(44)20-12-4-5-13-21(20)32(41)45)28(57-37(52)25-17-9-7-15-23(25)35(49)50)26(55-36(51)24-16-8-6-14-22(24)34(47)48)27(56-38)33(46)40-29(42)18-10-2-3-11-19(18)30(40)43/h2-17,26-28,33,38,46,53H,1H3,(H,47,48)(H,49,50)/t26-,27+,28+,33?,38-,39-/m1/s1. The first-order chi connectivity index (χ1) is 27.2. The van der Waals surface area contributed by atoms with Crippen molar-refractivity contribution in [3.05, 3.63) is 142 Å². The molecular formula is C39H28N2O16. The number of aromatic carboxylic acids is 2. The largest absolute Gasteiger partial charge is 0.478 e. The van der Waals surface area contributed by atoms with Crippen molar-refractivity contribution in [2.75, 3.05) is 7.11 Å². The van der Waals surface area contributed by atoms with E-state index < -0.39 is 106 Å². The van der Waals surface area contributed by atoms with Gasteiger partial charge in [-0.25, -0.2) is 29.0 Å². The second kappa shape index (κ2) is 14.5. The fraction of sp³-hybridized carbons (Fsp3) is 0.179. The maximum atomic E-state index is 14.1. The fourth-order valence-corrected chi connectivity index (χ4v) is 7.02. The minimum Gasteiger partial charge on any atom is -0.478 e. The highest BCUT2D eigenvalue weighted by molar-refractivity contribution is 6.22. The highest BCUT2D eigenvalue weighted by Crippen LogP contribution is 2.43. The lowest BCUT2D eigenvalue weighted by molar-refractivity contribution is -0.367. The van der Waals surface area contributed by atoms with Gasteiger partial charge in [-0.3, -0.25) is 19.2 Å². The zero-order chi connectivity index (χ0) is 40.9. The number of imide groups is 2. The highest BCUT2D eigenvalue weighted by Gasteiger charge is 2.69. The smallest absolute Gasteiger partial charge is 0.339 e. The van der Waals surface area contributed by atoms with E-state index in [2.05, 4.69) is 0 Å². The number of carboxylic acid groups (broad SMARTS) is 2. The summed E-state index contributed by atoms with van der Waals surface area (Å²) in [5.41, 5.74) is -6.67. The quantitative estimate of drug-likeness (QED) is 0.132. The molecule has 3 heterocycles. The number of hydrogen-bond acceptors (Lipinski definition) is 14. The number of hydrogen-bond donors (Lipinski definition) is 4. The predicted octanol–water partition coefficient (Wildman–Crippen LogP) is 1.80. The molecule has 18 heteroatoms. The molecule has 4 aromatic rings. The summed E-state index contributed by atoms with van der Waals surface area (Å²) < 4.78 is 22.9. The number of carboxylic acids is 2. The Morgan fingerprint density at radius 1 is 0.632 bits per heavy atom. The summed E-state index contributed by atoms with van der Waals surface area (Å²) in [7, 11) is 0.910. The monoisotopic (exact) mass is 780 g/mol. The first kappa shape index (κ1) is 38.2. The lowest BCUT2D eigenvalue weighted by Gasteiger charge is -2.52. The molecule has 18 nitrogen and oxygen atoms in total. The van der Waals surface area contributed by atoms with Crippen LogP contribution in [0.2, 0.25) is 0 Å². The van der Waals surface area contributed by atoms with Crippen LogP contribution in [0.1, 0.15) is 82.9 Å². The van der Waals surface area contributed by atoms with Crippen molar-refractivity contribution in [2.45, 2.75) is 36.6 Å². The van der Waals surface area contributed by atoms with Gasteiger partial charge in [0.25, 0.3) is 23.6 Å². The van der Waals surface area contributed by atoms with Crippen LogP contribution in [0, 0.1) is 0 Å². The molecule has 0 saturated carbocycles. The first-order valence-corrected chi connectivity index (χ1v) is 16.8. The van der Waals surface area contributed by atoms with E-state index in [-0.39, 0.29) is 27.2 Å². The molecule has 0 aromatic heterocycles. The number of carbonyl (C=O) groups excluding carboxylic acids is 6. The van der Waals surface area contributed by atoms with Crippen molar-refractivity contribution >= 4 is 47.5 Å². The Labute approximate surface area is 320 Å². The summed E-state index contributed by atoms with van der Waals surface area (Å²) >= 11 is 0. The van der Waals surface area contributed by atoms with Gasteiger partial charge in [-0.05, 0) is 48.5 Å². The Kier molecular flexibility index (Phi) is 9.72. The van der Waals surface area contributed by atoms with Crippen LogP contribution >= 0.6 is 0 Å². The van der Waals surface area contributed by atoms with Crippen LogP contribution in [0.15, 0.2) is 97.1 Å². The number of amides is 4. The van der Waals surface area contributed by atoms with Gasteiger partial charge in [0.05, 0.1) is 44.5 Å². The Morgan fingerprint density at radius 3 is 1.44 bits per heavy atom. The normalized spacial score (nSPS) is 23.1. The third-order valence-electron chi connectivity index (χ3n) is 9.65. The van der Waals surface area contributed by atoms with E-state index in [1.807, 2.05) is 0 Å². The first-order valence-electron chi connectivity index (χ1n) is 16.8. The molecule has 1 fully saturated rings. The Bertz CT molecular complexity index is 2340. The van der Waals surface area contributed by atoms with E-state index in [0.29, 0.717) is 4.90 Å². The van der Waals surface area contributed by atoms with Crippen molar-refractivity contribution < 1.29 is 77.7 Å². The zero-order valence-electron chi connectivity index (χ0n) is 29.2. The number of carbonyl (C=O) groups is 8. The van der Waals surface area contributed by atoms with Crippen molar-refractivity contribution in [1.29, 1.82) is 0 Å². The number of nitrogens with zero attached hydrogens (tertiary/aromatic N) is 2. The van der Waals surface area contributed by atoms with Gasteiger partial charge >= 0.3 is 23.9 Å². The van der Waals surface area contributed by atoms with Gasteiger partial charge in [0.2, 0.25) is 12.0 Å². The van der Waals surface area contributed by atoms with Crippen LogP contribution in [-0.2, 0) is 18.9 Å². The molecule has 0 aliphatic carbocycles. The molecule has 4 aromatic carbocycles. The number of aliphatic hydroxyl groups excluding tert-OH is 1. The van der Waals surface area contributed by atoms with E-state index >= 15 is 0 Å². The van der Waals surface area contributed by atoms with Crippen molar-refractivity contribution in [2.24, 2.45) is 0 Å². The summed E-state index contributed by atoms with van der Waals surface area (Å²) in [4.78, 5) is 108. The van der Waals surface area contributed by atoms with Gasteiger partial charge < -0.3 is 39.4 Å². The molecule has 3 aliphatic heterocycles. The summed E-state index contributed by atoms with van der Waals surface area (Å²) in [6.45, 7) is 0. The highest BCUT2D eigenvalue weighted by atomic mass is 16.7. The van der Waals surface area contributed by atoms with E-state index in [9.17, 15) is 58.8 Å². The molecule has 7 rings (SSSR count). The molecule has 0 radical (unpaired) electrons. The summed E-state index contributed by atoms with van der Waals surface area (Å²) in [5, 5.41) is 44.4. The number of fused-ring (bicyclic) bond motifs is 2. The van der Waals surface area contributed by atoms with Gasteiger partial charge in [0, 0.05) is 7.11 Å². The number of ether oxygens (including phenoxy) is 4. The average molecular weight is 781 g/mol. The second-order valence-corrected chi connectivity index (χ2v) is 12.8. The van der Waals surface area contributed by atoms with Crippen LogP contribution in [0.4, 0.5) is 0 Å². The number of methoxy groups -OCH3 is 1. The minimum absolute atomic E-state index is 0.152. The Balaban J connectivity index is 1.43. The molecule has 4 N–H and O–H groups in total. The van der Waals surface area contributed by atoms with Gasteiger partial charge in [0.15, 0.2) is 18.4 Å². The van der Waals surface area contributed by atoms with E-state index in [1.54, 1.807) is 0 Å². The molecule has 6 atom stereocenters. The Morgan fingerprint density at radius 2 is 1.02 bits per heavy atom. The summed E-state index contributed by atoms with van der Waals surface area (Å²) in [5.74, 6) is -10.8. The van der Waals surface area contributed by atoms with Crippen LogP contribution in [0.25, 0.3) is 0 Å².